The third-order valence-corrected chi connectivity index (χ3v) is 2.81. The van der Waals surface area contributed by atoms with Crippen molar-refractivity contribution in [2.24, 2.45) is 0 Å². The van der Waals surface area contributed by atoms with Gasteiger partial charge in [0.1, 0.15) is 0 Å². The highest BCUT2D eigenvalue weighted by atomic mass is 17.3. The first-order valence-electron chi connectivity index (χ1n) is 4.90. The van der Waals surface area contributed by atoms with Gasteiger partial charge in [-0.3, -0.25) is 14.3 Å². The number of fused-ring (bicyclic) bond motifs is 4. The van der Waals surface area contributed by atoms with Crippen LogP contribution in [0.3, 0.4) is 0 Å². The van der Waals surface area contributed by atoms with Gasteiger partial charge in [-0.1, -0.05) is 24.3 Å². The van der Waals surface area contributed by atoms with Crippen LogP contribution in [-0.2, 0) is 29.8 Å². The molecule has 2 atom stereocenters. The van der Waals surface area contributed by atoms with Crippen molar-refractivity contribution < 1.29 is 28.8 Å². The van der Waals surface area contributed by atoms with Crippen LogP contribution in [-0.4, -0.2) is 25.2 Å². The number of carbonyl (C=O) groups excluding carboxylic acids is 2. The van der Waals surface area contributed by atoms with E-state index in [-0.39, 0.29) is 5.56 Å². The monoisotopic (exact) mass is 236 g/mol. The van der Waals surface area contributed by atoms with Crippen LogP contribution in [0.15, 0.2) is 24.3 Å². The van der Waals surface area contributed by atoms with Crippen molar-refractivity contribution in [2.75, 3.05) is 7.11 Å². The number of hydrogen-bond acceptors (Lipinski definition) is 6. The van der Waals surface area contributed by atoms with Gasteiger partial charge in [0.2, 0.25) is 0 Å². The number of ether oxygens (including phenoxy) is 2. The molecule has 0 radical (unpaired) electrons. The Labute approximate surface area is 96.0 Å². The van der Waals surface area contributed by atoms with Crippen molar-refractivity contribution in [1.29, 1.82) is 0 Å². The van der Waals surface area contributed by atoms with Gasteiger partial charge in [0.15, 0.2) is 6.29 Å². The maximum absolute atomic E-state index is 12.1. The fourth-order valence-corrected chi connectivity index (χ4v) is 1.96. The predicted octanol–water partition coefficient (Wildman–Crippen LogP) is 0.513. The van der Waals surface area contributed by atoms with Gasteiger partial charge in [0.25, 0.3) is 11.6 Å². The van der Waals surface area contributed by atoms with Crippen molar-refractivity contribution in [2.45, 2.75) is 11.8 Å². The maximum atomic E-state index is 12.1. The van der Waals surface area contributed by atoms with Gasteiger partial charge in [0.05, 0.1) is 0 Å². The summed E-state index contributed by atoms with van der Waals surface area (Å²) >= 11 is 0. The van der Waals surface area contributed by atoms with Crippen molar-refractivity contribution in [3.8, 4) is 0 Å². The highest BCUT2D eigenvalue weighted by Gasteiger charge is 2.65. The quantitative estimate of drug-likeness (QED) is 0.550. The number of carbonyl (C=O) groups is 2. The number of aldehydes is 1. The smallest absolute Gasteiger partial charge is 0.322 e. The van der Waals surface area contributed by atoms with Gasteiger partial charge in [-0.05, 0) is 0 Å². The molecule has 2 heterocycles. The Morgan fingerprint density at radius 2 is 2.06 bits per heavy atom. The molecule has 6 heteroatoms. The Bertz CT molecular complexity index is 512. The molecule has 3 rings (SSSR count). The minimum absolute atomic E-state index is 0.283. The van der Waals surface area contributed by atoms with Crippen molar-refractivity contribution >= 4 is 12.1 Å². The molecule has 2 aliphatic rings. The summed E-state index contributed by atoms with van der Waals surface area (Å²) in [6.07, 6.45) is 0.430. The lowest BCUT2D eigenvalue weighted by atomic mass is 9.93. The van der Waals surface area contributed by atoms with Crippen LogP contribution in [0.25, 0.3) is 0 Å². The molecule has 6 nitrogen and oxygen atoms in total. The molecule has 0 aliphatic carbocycles. The topological polar surface area (TPSA) is 71.1 Å². The first-order chi connectivity index (χ1) is 8.17. The molecule has 1 aromatic rings. The van der Waals surface area contributed by atoms with E-state index in [1.165, 1.54) is 7.11 Å². The zero-order valence-corrected chi connectivity index (χ0v) is 8.84. The molecule has 1 saturated heterocycles. The van der Waals surface area contributed by atoms with E-state index in [0.717, 1.165) is 0 Å². The summed E-state index contributed by atoms with van der Waals surface area (Å²) in [7, 11) is 1.23. The van der Waals surface area contributed by atoms with E-state index in [9.17, 15) is 9.59 Å². The average molecular weight is 236 g/mol. The molecular formula is C11H8O6. The first-order valence-corrected chi connectivity index (χ1v) is 4.90. The van der Waals surface area contributed by atoms with Crippen LogP contribution < -0.4 is 0 Å². The van der Waals surface area contributed by atoms with Gasteiger partial charge in [-0.25, -0.2) is 0 Å². The molecule has 0 aromatic heterocycles. The maximum Gasteiger partial charge on any atom is 0.381 e. The summed E-state index contributed by atoms with van der Waals surface area (Å²) in [5.41, 5.74) is 0.593. The molecule has 0 N–H and O–H groups in total. The molecule has 88 valence electrons. The van der Waals surface area contributed by atoms with E-state index in [2.05, 4.69) is 0 Å². The number of methoxy groups -OCH3 is 1. The summed E-state index contributed by atoms with van der Waals surface area (Å²) in [5.74, 6) is -4.26. The third kappa shape index (κ3) is 1.12. The Morgan fingerprint density at radius 3 is 2.76 bits per heavy atom. The second kappa shape index (κ2) is 3.21. The number of ketones is 1. The molecule has 2 aliphatic heterocycles. The van der Waals surface area contributed by atoms with Crippen molar-refractivity contribution in [3.05, 3.63) is 35.4 Å². The largest absolute Gasteiger partial charge is 0.381 e. The normalized spacial score (nSPS) is 34.5. The molecule has 1 fully saturated rings. The Morgan fingerprint density at radius 1 is 1.29 bits per heavy atom. The van der Waals surface area contributed by atoms with Gasteiger partial charge in [-0.2, -0.15) is 9.78 Å². The highest BCUT2D eigenvalue weighted by Crippen LogP contribution is 2.46. The highest BCUT2D eigenvalue weighted by molar-refractivity contribution is 6.04. The van der Waals surface area contributed by atoms with Crippen LogP contribution in [0.2, 0.25) is 0 Å². The lowest BCUT2D eigenvalue weighted by Gasteiger charge is -2.30. The van der Waals surface area contributed by atoms with Crippen LogP contribution in [0, 0.1) is 0 Å². The second-order valence-electron chi connectivity index (χ2n) is 3.69. The molecule has 2 bridgehead atoms. The lowest BCUT2D eigenvalue weighted by molar-refractivity contribution is -0.383. The molecule has 0 saturated carbocycles. The molecule has 1 aromatic carbocycles. The summed E-state index contributed by atoms with van der Waals surface area (Å²) in [6.45, 7) is 0. The Balaban J connectivity index is 2.28. The van der Waals surface area contributed by atoms with Gasteiger partial charge in [0, 0.05) is 18.2 Å². The number of rotatable bonds is 2. The van der Waals surface area contributed by atoms with Crippen LogP contribution >= 0.6 is 0 Å². The third-order valence-electron chi connectivity index (χ3n) is 2.81. The van der Waals surface area contributed by atoms with Crippen molar-refractivity contribution in [1.82, 2.24) is 0 Å². The minimum atomic E-state index is -1.99. The summed E-state index contributed by atoms with van der Waals surface area (Å²) in [4.78, 5) is 32.9. The van der Waals surface area contributed by atoms with Gasteiger partial charge >= 0.3 is 5.97 Å². The summed E-state index contributed by atoms with van der Waals surface area (Å²) < 4.78 is 10.1. The van der Waals surface area contributed by atoms with Gasteiger partial charge in [-0.15, -0.1) is 0 Å². The summed E-state index contributed by atoms with van der Waals surface area (Å²) in [6, 6.07) is 6.46. The van der Waals surface area contributed by atoms with E-state index in [4.69, 9.17) is 19.2 Å². The predicted molar refractivity (Wildman–Crippen MR) is 51.5 cm³/mol. The van der Waals surface area contributed by atoms with E-state index >= 15 is 0 Å². The minimum Gasteiger partial charge on any atom is -0.322 e. The zero-order valence-electron chi connectivity index (χ0n) is 8.84. The molecule has 2 unspecified atom stereocenters. The molecule has 0 amide bonds. The van der Waals surface area contributed by atoms with Crippen molar-refractivity contribution in [3.63, 3.8) is 0 Å². The summed E-state index contributed by atoms with van der Waals surface area (Å²) in [5, 5.41) is 0. The lowest BCUT2D eigenvalue weighted by Crippen LogP contribution is -2.49. The average Bonchev–Trinajstić information content (AvgIpc) is 2.76. The molecule has 17 heavy (non-hydrogen) atoms. The van der Waals surface area contributed by atoms with E-state index < -0.39 is 17.5 Å². The van der Waals surface area contributed by atoms with E-state index in [1.54, 1.807) is 24.3 Å². The zero-order chi connectivity index (χ0) is 12.1. The fourth-order valence-electron chi connectivity index (χ4n) is 1.96. The Kier molecular flexibility index (Phi) is 1.99. The molecule has 0 spiro atoms. The van der Waals surface area contributed by atoms with E-state index in [1.807, 2.05) is 0 Å². The second-order valence-corrected chi connectivity index (χ2v) is 3.69. The van der Waals surface area contributed by atoms with Crippen LogP contribution in [0.4, 0.5) is 0 Å². The first kappa shape index (κ1) is 10.5. The number of Topliss-reactive ketones (excluding diaryl/α,β-unsaturated/α-hetero) is 1. The number of benzene rings is 1. The van der Waals surface area contributed by atoms with E-state index in [0.29, 0.717) is 11.8 Å². The number of hydrogen-bond donors (Lipinski definition) is 0. The van der Waals surface area contributed by atoms with Crippen LogP contribution in [0.1, 0.15) is 15.9 Å². The van der Waals surface area contributed by atoms with Crippen LogP contribution in [0.5, 0.6) is 0 Å². The molecular weight excluding hydrogens is 228 g/mol. The fraction of sp³-hybridized carbons (Fsp3) is 0.273. The Hall–Kier alpha value is -1.60. The van der Waals surface area contributed by atoms with Gasteiger partial charge < -0.3 is 4.74 Å². The SMILES string of the molecule is COC12OOC(C=O)(O1)c1ccccc1C2=O. The standard InChI is InChI=1S/C11H8O6/c1-14-11-9(13)7-4-2-3-5-8(7)10(6-12,15-11)16-17-11/h2-6H,1H3.